The predicted octanol–water partition coefficient (Wildman–Crippen LogP) is 2.22. The number of sulfone groups is 1. The van der Waals surface area contributed by atoms with Crippen molar-refractivity contribution in [2.75, 3.05) is 24.6 Å². The second-order valence-corrected chi connectivity index (χ2v) is 8.92. The third-order valence-electron chi connectivity index (χ3n) is 4.61. The molecule has 1 atom stereocenters. The third kappa shape index (κ3) is 5.34. The average molecular weight is 305 g/mol. The second-order valence-electron chi connectivity index (χ2n) is 6.45. The second kappa shape index (κ2) is 7.76. The van der Waals surface area contributed by atoms with Gasteiger partial charge in [-0.05, 0) is 52.6 Å². The van der Waals surface area contributed by atoms with Crippen molar-refractivity contribution in [2.45, 2.75) is 70.9 Å². The third-order valence-corrected chi connectivity index (χ3v) is 6.40. The molecule has 1 aliphatic rings. The van der Waals surface area contributed by atoms with Crippen LogP contribution in [0.5, 0.6) is 0 Å². The average Bonchev–Trinajstić information content (AvgIpc) is 2.67. The van der Waals surface area contributed by atoms with E-state index in [0.29, 0.717) is 12.8 Å². The molecule has 5 heteroatoms. The molecule has 1 unspecified atom stereocenters. The van der Waals surface area contributed by atoms with Crippen LogP contribution in [0.25, 0.3) is 0 Å². The number of rotatable bonds is 7. The molecule has 1 saturated heterocycles. The minimum absolute atomic E-state index is 0.191. The van der Waals surface area contributed by atoms with Gasteiger partial charge in [-0.2, -0.15) is 0 Å². The molecule has 0 aliphatic carbocycles. The number of likely N-dealkylation sites (tertiary alicyclic amines) is 1. The molecule has 0 spiro atoms. The fourth-order valence-corrected chi connectivity index (χ4v) is 3.75. The molecular formula is C15H31NO3S. The first-order valence-corrected chi connectivity index (χ1v) is 9.75. The lowest BCUT2D eigenvalue weighted by Crippen LogP contribution is -2.52. The molecule has 0 radical (unpaired) electrons. The summed E-state index contributed by atoms with van der Waals surface area (Å²) in [6, 6.07) is 0. The maximum atomic E-state index is 11.5. The van der Waals surface area contributed by atoms with E-state index >= 15 is 0 Å². The summed E-state index contributed by atoms with van der Waals surface area (Å²) in [5.74, 6) is 0.384. The van der Waals surface area contributed by atoms with Crippen molar-refractivity contribution in [3.8, 4) is 0 Å². The Morgan fingerprint density at radius 1 is 1.15 bits per heavy atom. The van der Waals surface area contributed by atoms with Gasteiger partial charge in [-0.3, -0.25) is 4.90 Å². The van der Waals surface area contributed by atoms with Crippen LogP contribution in [0.1, 0.15) is 59.3 Å². The number of aliphatic hydroxyl groups is 1. The van der Waals surface area contributed by atoms with E-state index in [2.05, 4.69) is 18.7 Å². The molecule has 0 aromatic carbocycles. The number of hydrogen-bond donors (Lipinski definition) is 1. The van der Waals surface area contributed by atoms with E-state index in [1.165, 1.54) is 25.7 Å². The van der Waals surface area contributed by atoms with Gasteiger partial charge >= 0.3 is 0 Å². The van der Waals surface area contributed by atoms with Gasteiger partial charge in [0.1, 0.15) is 9.84 Å². The Morgan fingerprint density at radius 3 is 2.20 bits per heavy atom. The lowest BCUT2D eigenvalue weighted by Gasteiger charge is -2.41. The zero-order chi connectivity index (χ0) is 15.2. The summed E-state index contributed by atoms with van der Waals surface area (Å²) in [4.78, 5) is 2.37. The van der Waals surface area contributed by atoms with E-state index in [4.69, 9.17) is 0 Å². The van der Waals surface area contributed by atoms with Gasteiger partial charge < -0.3 is 5.11 Å². The molecule has 120 valence electrons. The van der Waals surface area contributed by atoms with Gasteiger partial charge in [-0.25, -0.2) is 8.42 Å². The topological polar surface area (TPSA) is 57.6 Å². The molecule has 0 aromatic rings. The van der Waals surface area contributed by atoms with E-state index in [1.54, 1.807) is 6.92 Å². The summed E-state index contributed by atoms with van der Waals surface area (Å²) in [5, 5.41) is 10.5. The number of nitrogens with zero attached hydrogens (tertiary/aromatic N) is 1. The van der Waals surface area contributed by atoms with Crippen LogP contribution in [0.3, 0.4) is 0 Å². The number of hydrogen-bond acceptors (Lipinski definition) is 4. The van der Waals surface area contributed by atoms with Crippen molar-refractivity contribution in [2.24, 2.45) is 0 Å². The summed E-state index contributed by atoms with van der Waals surface area (Å²) in [5.41, 5.74) is -0.264. The van der Waals surface area contributed by atoms with Crippen LogP contribution in [-0.2, 0) is 9.84 Å². The number of aliphatic hydroxyl groups excluding tert-OH is 1. The van der Waals surface area contributed by atoms with Gasteiger partial charge in [0.25, 0.3) is 0 Å². The zero-order valence-electron chi connectivity index (χ0n) is 13.3. The molecule has 0 saturated carbocycles. The SMILES string of the molecule is CCS(=O)(=O)CCCC(O)C(C)(C)N1CCCCCC1. The molecular weight excluding hydrogens is 274 g/mol. The van der Waals surface area contributed by atoms with Gasteiger partial charge in [0.2, 0.25) is 0 Å². The Hall–Kier alpha value is -0.130. The van der Waals surface area contributed by atoms with Crippen LogP contribution >= 0.6 is 0 Å². The lowest BCUT2D eigenvalue weighted by molar-refractivity contribution is -0.0129. The minimum atomic E-state index is -2.92. The van der Waals surface area contributed by atoms with Crippen molar-refractivity contribution < 1.29 is 13.5 Å². The molecule has 1 aliphatic heterocycles. The highest BCUT2D eigenvalue weighted by atomic mass is 32.2. The maximum absolute atomic E-state index is 11.5. The Labute approximate surface area is 124 Å². The largest absolute Gasteiger partial charge is 0.391 e. The van der Waals surface area contributed by atoms with Gasteiger partial charge in [0.15, 0.2) is 0 Å². The molecule has 0 bridgehead atoms. The van der Waals surface area contributed by atoms with Gasteiger partial charge in [0, 0.05) is 11.3 Å². The maximum Gasteiger partial charge on any atom is 0.150 e. The van der Waals surface area contributed by atoms with Crippen molar-refractivity contribution in [3.05, 3.63) is 0 Å². The first kappa shape index (κ1) is 17.9. The molecule has 1 N–H and O–H groups in total. The quantitative estimate of drug-likeness (QED) is 0.783. The molecule has 1 fully saturated rings. The normalized spacial score (nSPS) is 20.6. The Kier molecular flexibility index (Phi) is 6.95. The van der Waals surface area contributed by atoms with Crippen molar-refractivity contribution in [1.82, 2.24) is 4.90 Å². The first-order valence-electron chi connectivity index (χ1n) is 7.93. The van der Waals surface area contributed by atoms with E-state index < -0.39 is 15.9 Å². The summed E-state index contributed by atoms with van der Waals surface area (Å²) in [6.45, 7) is 7.91. The first-order chi connectivity index (χ1) is 9.29. The summed E-state index contributed by atoms with van der Waals surface area (Å²) in [6.07, 6.45) is 5.58. The van der Waals surface area contributed by atoms with Crippen molar-refractivity contribution in [3.63, 3.8) is 0 Å². The van der Waals surface area contributed by atoms with Gasteiger partial charge in [-0.15, -0.1) is 0 Å². The fraction of sp³-hybridized carbons (Fsp3) is 1.00. The lowest BCUT2D eigenvalue weighted by atomic mass is 9.91. The fourth-order valence-electron chi connectivity index (χ4n) is 2.85. The van der Waals surface area contributed by atoms with Crippen molar-refractivity contribution in [1.29, 1.82) is 0 Å². The van der Waals surface area contributed by atoms with Gasteiger partial charge in [-0.1, -0.05) is 19.8 Å². The molecule has 0 amide bonds. The van der Waals surface area contributed by atoms with Crippen LogP contribution < -0.4 is 0 Å². The highest BCUT2D eigenvalue weighted by Gasteiger charge is 2.34. The molecule has 1 rings (SSSR count). The van der Waals surface area contributed by atoms with Crippen LogP contribution in [-0.4, -0.2) is 54.7 Å². The van der Waals surface area contributed by atoms with Gasteiger partial charge in [0.05, 0.1) is 11.9 Å². The summed E-state index contributed by atoms with van der Waals surface area (Å²) < 4.78 is 23.0. The minimum Gasteiger partial charge on any atom is -0.391 e. The Bertz CT molecular complexity index is 371. The Balaban J connectivity index is 2.49. The van der Waals surface area contributed by atoms with E-state index in [9.17, 15) is 13.5 Å². The summed E-state index contributed by atoms with van der Waals surface area (Å²) >= 11 is 0. The standard InChI is InChI=1S/C15H31NO3S/c1-4-20(18,19)13-9-10-14(17)15(2,3)16-11-7-5-6-8-12-16/h14,17H,4-13H2,1-3H3. The van der Waals surface area contributed by atoms with Crippen LogP contribution in [0.4, 0.5) is 0 Å². The summed E-state index contributed by atoms with van der Waals surface area (Å²) in [7, 11) is -2.92. The Morgan fingerprint density at radius 2 is 1.70 bits per heavy atom. The molecule has 4 nitrogen and oxygen atoms in total. The van der Waals surface area contributed by atoms with Crippen molar-refractivity contribution >= 4 is 9.84 Å². The predicted molar refractivity (Wildman–Crippen MR) is 83.7 cm³/mol. The van der Waals surface area contributed by atoms with Crippen LogP contribution in [0.15, 0.2) is 0 Å². The highest BCUT2D eigenvalue weighted by molar-refractivity contribution is 7.91. The molecule has 20 heavy (non-hydrogen) atoms. The van der Waals surface area contributed by atoms with E-state index in [0.717, 1.165) is 13.1 Å². The molecule has 0 aromatic heterocycles. The smallest absolute Gasteiger partial charge is 0.150 e. The molecule has 1 heterocycles. The highest BCUT2D eigenvalue weighted by Crippen LogP contribution is 2.25. The van der Waals surface area contributed by atoms with Crippen LogP contribution in [0, 0.1) is 0 Å². The van der Waals surface area contributed by atoms with Crippen LogP contribution in [0.2, 0.25) is 0 Å². The zero-order valence-corrected chi connectivity index (χ0v) is 14.1. The monoisotopic (exact) mass is 305 g/mol. The van der Waals surface area contributed by atoms with E-state index in [-0.39, 0.29) is 17.0 Å². The van der Waals surface area contributed by atoms with E-state index in [1.807, 2.05) is 0 Å².